The lowest BCUT2D eigenvalue weighted by atomic mass is 9.59. The van der Waals surface area contributed by atoms with E-state index in [2.05, 4.69) is 120 Å². The molecule has 0 fully saturated rings. The largest absolute Gasteiger partial charge is 0.0760 e. The van der Waals surface area contributed by atoms with Gasteiger partial charge in [-0.1, -0.05) is 123 Å². The Hall–Kier alpha value is -2.60. The minimum atomic E-state index is 0.0944. The highest BCUT2D eigenvalue weighted by molar-refractivity contribution is 5.63. The van der Waals surface area contributed by atoms with E-state index in [9.17, 15) is 0 Å². The molecule has 34 heavy (non-hydrogen) atoms. The molecule has 176 valence electrons. The topological polar surface area (TPSA) is 0 Å². The fourth-order valence-electron chi connectivity index (χ4n) is 7.39. The van der Waals surface area contributed by atoms with Crippen molar-refractivity contribution < 1.29 is 0 Å². The van der Waals surface area contributed by atoms with Crippen LogP contribution >= 0.6 is 0 Å². The fraction of sp³-hybridized carbons (Fsp3) is 0.412. The van der Waals surface area contributed by atoms with Gasteiger partial charge in [0.05, 0.1) is 0 Å². The molecule has 0 N–H and O–H groups in total. The van der Waals surface area contributed by atoms with E-state index in [4.69, 9.17) is 0 Å². The third-order valence-corrected chi connectivity index (χ3v) is 9.68. The monoisotopic (exact) mass is 448 g/mol. The molecular formula is C34H40. The second-order valence-corrected chi connectivity index (χ2v) is 11.2. The van der Waals surface area contributed by atoms with E-state index in [-0.39, 0.29) is 10.8 Å². The van der Waals surface area contributed by atoms with Gasteiger partial charge in [0.1, 0.15) is 0 Å². The van der Waals surface area contributed by atoms with Crippen molar-refractivity contribution in [3.8, 4) is 0 Å². The average Bonchev–Trinajstić information content (AvgIpc) is 3.62. The van der Waals surface area contributed by atoms with Crippen LogP contribution in [0.1, 0.15) is 77.8 Å². The summed E-state index contributed by atoms with van der Waals surface area (Å²) in [6.45, 7) is 14.4. The summed E-state index contributed by atoms with van der Waals surface area (Å²) >= 11 is 0. The lowest BCUT2D eigenvalue weighted by Gasteiger charge is -2.44. The Kier molecular flexibility index (Phi) is 5.83. The van der Waals surface area contributed by atoms with Gasteiger partial charge in [-0.15, -0.1) is 0 Å². The molecule has 0 radical (unpaired) electrons. The first-order valence-corrected chi connectivity index (χ1v) is 13.3. The van der Waals surface area contributed by atoms with E-state index in [0.29, 0.717) is 17.8 Å². The van der Waals surface area contributed by atoms with Crippen molar-refractivity contribution in [3.05, 3.63) is 112 Å². The van der Waals surface area contributed by atoms with Crippen molar-refractivity contribution >= 4 is 6.08 Å². The van der Waals surface area contributed by atoms with Crippen LogP contribution in [0.25, 0.3) is 6.08 Å². The SMILES string of the molecule is CCC1=CC=CC1(CC)C(CC1=C(C2C=CC=C2)C(C)=C(C)C1(C)C)C1C=Cc2ccccc21. The summed E-state index contributed by atoms with van der Waals surface area (Å²) in [6, 6.07) is 9.07. The molecule has 0 nitrogen and oxygen atoms in total. The van der Waals surface area contributed by atoms with Gasteiger partial charge in [-0.25, -0.2) is 0 Å². The normalized spacial score (nSPS) is 27.9. The van der Waals surface area contributed by atoms with Crippen molar-refractivity contribution in [2.75, 3.05) is 0 Å². The van der Waals surface area contributed by atoms with Gasteiger partial charge >= 0.3 is 0 Å². The zero-order valence-electron chi connectivity index (χ0n) is 21.9. The molecule has 4 aliphatic carbocycles. The zero-order chi connectivity index (χ0) is 24.1. The fourth-order valence-corrected chi connectivity index (χ4v) is 7.39. The van der Waals surface area contributed by atoms with E-state index in [1.54, 1.807) is 22.3 Å². The molecule has 0 aliphatic heterocycles. The van der Waals surface area contributed by atoms with Crippen molar-refractivity contribution in [2.45, 2.75) is 66.7 Å². The quantitative estimate of drug-likeness (QED) is 0.389. The van der Waals surface area contributed by atoms with Gasteiger partial charge in [0.15, 0.2) is 0 Å². The van der Waals surface area contributed by atoms with Crippen LogP contribution in [0.2, 0.25) is 0 Å². The second kappa shape index (κ2) is 8.56. The van der Waals surface area contributed by atoms with Gasteiger partial charge in [0, 0.05) is 22.7 Å². The summed E-state index contributed by atoms with van der Waals surface area (Å²) < 4.78 is 0. The van der Waals surface area contributed by atoms with E-state index < -0.39 is 0 Å². The highest BCUT2D eigenvalue weighted by Crippen LogP contribution is 2.59. The molecule has 0 heterocycles. The number of rotatable bonds is 7. The Labute approximate surface area is 207 Å². The van der Waals surface area contributed by atoms with Crippen molar-refractivity contribution in [1.29, 1.82) is 0 Å². The van der Waals surface area contributed by atoms with Crippen LogP contribution in [0.4, 0.5) is 0 Å². The lowest BCUT2D eigenvalue weighted by Crippen LogP contribution is -2.34. The standard InChI is InChI=1S/C34H40/c1-7-27-17-13-21-34(27,8-2)30(29-20-19-25-14-11-12-18-28(25)29)22-31-32(26-15-9-10-16-26)23(3)24(4)33(31,5)6/h9-21,26,29-30H,7-8,22H2,1-6H3. The van der Waals surface area contributed by atoms with Crippen LogP contribution in [-0.4, -0.2) is 0 Å². The molecule has 0 spiro atoms. The van der Waals surface area contributed by atoms with E-state index in [1.165, 1.54) is 16.7 Å². The summed E-state index contributed by atoms with van der Waals surface area (Å²) in [5.41, 5.74) is 11.0. The number of fused-ring (bicyclic) bond motifs is 1. The molecule has 1 aromatic carbocycles. The van der Waals surface area contributed by atoms with Crippen LogP contribution < -0.4 is 0 Å². The second-order valence-electron chi connectivity index (χ2n) is 11.2. The average molecular weight is 449 g/mol. The van der Waals surface area contributed by atoms with Crippen LogP contribution in [0.5, 0.6) is 0 Å². The van der Waals surface area contributed by atoms with Gasteiger partial charge < -0.3 is 0 Å². The summed E-state index contributed by atoms with van der Waals surface area (Å²) in [5, 5.41) is 0. The molecule has 0 saturated heterocycles. The number of hydrogen-bond donors (Lipinski definition) is 0. The van der Waals surface area contributed by atoms with E-state index >= 15 is 0 Å². The molecule has 4 aliphatic rings. The first-order valence-electron chi connectivity index (χ1n) is 13.3. The first-order chi connectivity index (χ1) is 16.3. The van der Waals surface area contributed by atoms with Gasteiger partial charge in [0.2, 0.25) is 0 Å². The Morgan fingerprint density at radius 1 is 0.941 bits per heavy atom. The van der Waals surface area contributed by atoms with Crippen LogP contribution in [0.15, 0.2) is 101 Å². The third kappa shape index (κ3) is 3.33. The zero-order valence-corrected chi connectivity index (χ0v) is 21.9. The van der Waals surface area contributed by atoms with Gasteiger partial charge in [-0.2, -0.15) is 0 Å². The summed E-state index contributed by atoms with van der Waals surface area (Å²) in [5.74, 6) is 1.35. The van der Waals surface area contributed by atoms with Gasteiger partial charge in [-0.05, 0) is 61.3 Å². The molecule has 0 bridgehead atoms. The van der Waals surface area contributed by atoms with Crippen molar-refractivity contribution in [3.63, 3.8) is 0 Å². The molecule has 3 atom stereocenters. The maximum absolute atomic E-state index is 2.55. The lowest BCUT2D eigenvalue weighted by molar-refractivity contribution is 0.234. The Morgan fingerprint density at radius 2 is 1.68 bits per heavy atom. The summed E-state index contributed by atoms with van der Waals surface area (Å²) in [7, 11) is 0. The Bertz CT molecular complexity index is 1190. The Balaban J connectivity index is 1.67. The first kappa shape index (κ1) is 23.2. The maximum Gasteiger partial charge on any atom is 0.0207 e. The molecule has 0 saturated carbocycles. The molecule has 1 aromatic rings. The van der Waals surface area contributed by atoms with Crippen molar-refractivity contribution in [2.24, 2.45) is 22.7 Å². The van der Waals surface area contributed by atoms with Gasteiger partial charge in [0.25, 0.3) is 0 Å². The molecule has 5 rings (SSSR count). The molecule has 0 amide bonds. The predicted octanol–water partition coefficient (Wildman–Crippen LogP) is 9.52. The van der Waals surface area contributed by atoms with Crippen LogP contribution in [0.3, 0.4) is 0 Å². The minimum absolute atomic E-state index is 0.0944. The smallest absolute Gasteiger partial charge is 0.0207 e. The highest BCUT2D eigenvalue weighted by Gasteiger charge is 2.47. The van der Waals surface area contributed by atoms with Crippen molar-refractivity contribution in [1.82, 2.24) is 0 Å². The number of allylic oxidation sites excluding steroid dienone is 13. The summed E-state index contributed by atoms with van der Waals surface area (Å²) in [4.78, 5) is 0. The molecule has 0 heteroatoms. The number of hydrogen-bond acceptors (Lipinski definition) is 0. The van der Waals surface area contributed by atoms with E-state index in [1.807, 2.05) is 0 Å². The minimum Gasteiger partial charge on any atom is -0.0760 e. The molecule has 3 unspecified atom stereocenters. The van der Waals surface area contributed by atoms with Crippen LogP contribution in [-0.2, 0) is 0 Å². The molecule has 0 aromatic heterocycles. The van der Waals surface area contributed by atoms with Crippen LogP contribution in [0, 0.1) is 22.7 Å². The van der Waals surface area contributed by atoms with E-state index in [0.717, 1.165) is 19.3 Å². The Morgan fingerprint density at radius 3 is 2.38 bits per heavy atom. The molecular weight excluding hydrogens is 408 g/mol. The number of benzene rings is 1. The predicted molar refractivity (Wildman–Crippen MR) is 148 cm³/mol. The summed E-state index contributed by atoms with van der Waals surface area (Å²) in [6.07, 6.45) is 24.8. The third-order valence-electron chi connectivity index (χ3n) is 9.68. The maximum atomic E-state index is 2.55. The highest BCUT2D eigenvalue weighted by atomic mass is 14.5. The van der Waals surface area contributed by atoms with Gasteiger partial charge in [-0.3, -0.25) is 0 Å².